The molecule has 2 aliphatic rings. The predicted octanol–water partition coefficient (Wildman–Crippen LogP) is 2.34. The van der Waals surface area contributed by atoms with Gasteiger partial charge in [-0.3, -0.25) is 9.59 Å². The minimum absolute atomic E-state index is 0.0567. The summed E-state index contributed by atoms with van der Waals surface area (Å²) in [6, 6.07) is 3.17. The number of hydrogen-bond donors (Lipinski definition) is 2. The molecule has 1 aromatic rings. The van der Waals surface area contributed by atoms with Crippen molar-refractivity contribution in [2.45, 2.75) is 49.6 Å². The number of aryl methyl sites for hydroxylation is 1. The van der Waals surface area contributed by atoms with E-state index in [2.05, 4.69) is 5.32 Å². The third-order valence-electron chi connectivity index (χ3n) is 5.16. The standard InChI is InChI=1S/C19H23ClN2O5S/c1-12-9-13(20)11-14(10-12)28(26,27)22-8-4-7-17(22)18(23)21-16-6-3-2-5-15(16)19(24)25/h2,5,9-11,15-17H,3-4,6-8H2,1H3,(H,21,23)(H,24,25)/t15?,16?,17-/m0/s1. The molecule has 1 aromatic carbocycles. The summed E-state index contributed by atoms with van der Waals surface area (Å²) in [6.07, 6.45) is 5.49. The van der Waals surface area contributed by atoms with E-state index in [1.165, 1.54) is 16.4 Å². The van der Waals surface area contributed by atoms with Gasteiger partial charge in [-0.05, 0) is 56.4 Å². The van der Waals surface area contributed by atoms with Crippen molar-refractivity contribution in [2.24, 2.45) is 5.92 Å². The lowest BCUT2D eigenvalue weighted by molar-refractivity contribution is -0.141. The lowest BCUT2D eigenvalue weighted by Crippen LogP contribution is -2.51. The first-order valence-corrected chi connectivity index (χ1v) is 11.0. The van der Waals surface area contributed by atoms with Crippen molar-refractivity contribution < 1.29 is 23.1 Å². The minimum atomic E-state index is -3.89. The molecule has 3 atom stereocenters. The summed E-state index contributed by atoms with van der Waals surface area (Å²) in [4.78, 5) is 24.3. The van der Waals surface area contributed by atoms with Crippen molar-refractivity contribution in [3.05, 3.63) is 40.9 Å². The first-order chi connectivity index (χ1) is 13.2. The summed E-state index contributed by atoms with van der Waals surface area (Å²) in [5.41, 5.74) is 0.713. The largest absolute Gasteiger partial charge is 0.481 e. The van der Waals surface area contributed by atoms with Gasteiger partial charge in [-0.15, -0.1) is 0 Å². The number of carbonyl (C=O) groups excluding carboxylic acids is 1. The zero-order chi connectivity index (χ0) is 20.5. The number of hydrogen-bond acceptors (Lipinski definition) is 4. The molecular formula is C19H23ClN2O5S. The number of sulfonamides is 1. The molecule has 2 unspecified atom stereocenters. The Morgan fingerprint density at radius 2 is 2.00 bits per heavy atom. The Balaban J connectivity index is 1.81. The number of nitrogens with one attached hydrogen (secondary N) is 1. The quantitative estimate of drug-likeness (QED) is 0.703. The van der Waals surface area contributed by atoms with Crippen LogP contribution in [0.15, 0.2) is 35.2 Å². The van der Waals surface area contributed by atoms with E-state index in [0.717, 1.165) is 0 Å². The number of benzene rings is 1. The number of nitrogens with zero attached hydrogens (tertiary/aromatic N) is 1. The van der Waals surface area contributed by atoms with Gasteiger partial charge in [-0.25, -0.2) is 8.42 Å². The van der Waals surface area contributed by atoms with Crippen LogP contribution in [0.3, 0.4) is 0 Å². The van der Waals surface area contributed by atoms with Crippen molar-refractivity contribution in [1.82, 2.24) is 9.62 Å². The van der Waals surface area contributed by atoms with Gasteiger partial charge in [0, 0.05) is 17.6 Å². The highest BCUT2D eigenvalue weighted by Gasteiger charge is 2.41. The Morgan fingerprint density at radius 3 is 2.68 bits per heavy atom. The second-order valence-corrected chi connectivity index (χ2v) is 9.55. The molecule has 1 aliphatic heterocycles. The van der Waals surface area contributed by atoms with Crippen molar-refractivity contribution in [2.75, 3.05) is 6.54 Å². The molecule has 1 fully saturated rings. The highest BCUT2D eigenvalue weighted by molar-refractivity contribution is 7.89. The number of carboxylic acid groups (broad SMARTS) is 1. The maximum atomic E-state index is 13.1. The fourth-order valence-corrected chi connectivity index (χ4v) is 5.95. The van der Waals surface area contributed by atoms with Gasteiger partial charge in [0.25, 0.3) is 0 Å². The third kappa shape index (κ3) is 4.24. The Labute approximate surface area is 169 Å². The second kappa shape index (κ2) is 8.23. The Kier molecular flexibility index (Phi) is 6.12. The van der Waals surface area contributed by atoms with E-state index in [9.17, 15) is 23.1 Å². The summed E-state index contributed by atoms with van der Waals surface area (Å²) < 4.78 is 27.4. The molecule has 0 bridgehead atoms. The van der Waals surface area contributed by atoms with Gasteiger partial charge >= 0.3 is 5.97 Å². The van der Waals surface area contributed by atoms with Gasteiger partial charge in [0.1, 0.15) is 6.04 Å². The number of halogens is 1. The van der Waals surface area contributed by atoms with Gasteiger partial charge in [0.2, 0.25) is 15.9 Å². The van der Waals surface area contributed by atoms with Crippen LogP contribution in [0.25, 0.3) is 0 Å². The van der Waals surface area contributed by atoms with Crippen LogP contribution in [0, 0.1) is 12.8 Å². The highest BCUT2D eigenvalue weighted by Crippen LogP contribution is 2.29. The number of allylic oxidation sites excluding steroid dienone is 1. The van der Waals surface area contributed by atoms with E-state index < -0.39 is 39.9 Å². The number of carbonyl (C=O) groups is 2. The van der Waals surface area contributed by atoms with Crippen molar-refractivity contribution in [1.29, 1.82) is 0 Å². The average Bonchev–Trinajstić information content (AvgIpc) is 3.12. The van der Waals surface area contributed by atoms with Crippen molar-refractivity contribution >= 4 is 33.5 Å². The zero-order valence-corrected chi connectivity index (χ0v) is 17.0. The van der Waals surface area contributed by atoms with Crippen molar-refractivity contribution in [3.8, 4) is 0 Å². The van der Waals surface area contributed by atoms with E-state index in [1.54, 1.807) is 25.1 Å². The van der Waals surface area contributed by atoms with E-state index in [4.69, 9.17) is 11.6 Å². The normalized spacial score (nSPS) is 25.6. The van der Waals surface area contributed by atoms with Crippen LogP contribution in [0.5, 0.6) is 0 Å². The Morgan fingerprint density at radius 1 is 1.25 bits per heavy atom. The van der Waals surface area contributed by atoms with Gasteiger partial charge < -0.3 is 10.4 Å². The lowest BCUT2D eigenvalue weighted by Gasteiger charge is -2.29. The smallest absolute Gasteiger partial charge is 0.312 e. The van der Waals surface area contributed by atoms with Crippen LogP contribution in [0.2, 0.25) is 5.02 Å². The SMILES string of the molecule is Cc1cc(Cl)cc(S(=O)(=O)N2CCC[C@H]2C(=O)NC2CCC=CC2C(=O)O)c1. The van der Waals surface area contributed by atoms with Crippen LogP contribution in [0.1, 0.15) is 31.2 Å². The molecule has 0 radical (unpaired) electrons. The minimum Gasteiger partial charge on any atom is -0.481 e. The third-order valence-corrected chi connectivity index (χ3v) is 7.27. The molecular weight excluding hydrogens is 404 g/mol. The lowest BCUT2D eigenvalue weighted by atomic mass is 9.90. The molecule has 7 nitrogen and oxygen atoms in total. The molecule has 1 heterocycles. The van der Waals surface area contributed by atoms with E-state index in [0.29, 0.717) is 36.3 Å². The zero-order valence-electron chi connectivity index (χ0n) is 15.5. The van der Waals surface area contributed by atoms with Crippen LogP contribution >= 0.6 is 11.6 Å². The molecule has 28 heavy (non-hydrogen) atoms. The van der Waals surface area contributed by atoms with E-state index in [1.807, 2.05) is 0 Å². The first-order valence-electron chi connectivity index (χ1n) is 9.19. The highest BCUT2D eigenvalue weighted by atomic mass is 35.5. The van der Waals surface area contributed by atoms with Crippen LogP contribution in [-0.2, 0) is 19.6 Å². The molecule has 1 aliphatic carbocycles. The molecule has 0 saturated carbocycles. The first kappa shape index (κ1) is 20.8. The molecule has 152 valence electrons. The summed E-state index contributed by atoms with van der Waals surface area (Å²) >= 11 is 6.01. The van der Waals surface area contributed by atoms with Crippen molar-refractivity contribution in [3.63, 3.8) is 0 Å². The molecule has 1 amide bonds. The molecule has 2 N–H and O–H groups in total. The predicted molar refractivity (Wildman–Crippen MR) is 105 cm³/mol. The fraction of sp³-hybridized carbons (Fsp3) is 0.474. The van der Waals surface area contributed by atoms with Gasteiger partial charge in [-0.1, -0.05) is 23.8 Å². The molecule has 0 spiro atoms. The average molecular weight is 427 g/mol. The van der Waals surface area contributed by atoms with E-state index >= 15 is 0 Å². The van der Waals surface area contributed by atoms with E-state index in [-0.39, 0.29) is 11.4 Å². The maximum absolute atomic E-state index is 13.1. The topological polar surface area (TPSA) is 104 Å². The summed E-state index contributed by atoms with van der Waals surface area (Å²) in [5, 5.41) is 12.4. The molecule has 9 heteroatoms. The second-order valence-electron chi connectivity index (χ2n) is 7.22. The van der Waals surface area contributed by atoms with Gasteiger partial charge in [0.05, 0.1) is 10.8 Å². The molecule has 0 aromatic heterocycles. The Hall–Kier alpha value is -1.90. The maximum Gasteiger partial charge on any atom is 0.312 e. The van der Waals surface area contributed by atoms with Crippen LogP contribution < -0.4 is 5.32 Å². The summed E-state index contributed by atoms with van der Waals surface area (Å²) in [7, 11) is -3.89. The van der Waals surface area contributed by atoms with Crippen LogP contribution in [0.4, 0.5) is 0 Å². The van der Waals surface area contributed by atoms with Gasteiger partial charge in [-0.2, -0.15) is 4.31 Å². The van der Waals surface area contributed by atoms with Crippen LogP contribution in [-0.4, -0.2) is 48.3 Å². The molecule has 1 saturated heterocycles. The fourth-order valence-electron chi connectivity index (χ4n) is 3.80. The number of carboxylic acids is 1. The number of aliphatic carboxylic acids is 1. The molecule has 3 rings (SSSR count). The summed E-state index contributed by atoms with van der Waals surface area (Å²) in [5.74, 6) is -2.27. The number of amides is 1. The monoisotopic (exact) mass is 426 g/mol. The Bertz CT molecular complexity index is 895. The van der Waals surface area contributed by atoms with Gasteiger partial charge in [0.15, 0.2) is 0 Å². The number of rotatable bonds is 5. The summed E-state index contributed by atoms with van der Waals surface area (Å²) in [6.45, 7) is 1.99.